The van der Waals surface area contributed by atoms with Gasteiger partial charge in [-0.05, 0) is 25.1 Å². The van der Waals surface area contributed by atoms with Gasteiger partial charge >= 0.3 is 0 Å². The van der Waals surface area contributed by atoms with E-state index < -0.39 is 4.92 Å². The summed E-state index contributed by atoms with van der Waals surface area (Å²) in [6.07, 6.45) is 0. The fourth-order valence-corrected chi connectivity index (χ4v) is 1.99. The Kier molecular flexibility index (Phi) is 5.74. The van der Waals surface area contributed by atoms with Crippen molar-refractivity contribution in [3.8, 4) is 6.07 Å². The first-order valence-electron chi connectivity index (χ1n) is 6.02. The minimum Gasteiger partial charge on any atom is -0.298 e. The summed E-state index contributed by atoms with van der Waals surface area (Å²) >= 11 is 6.05. The van der Waals surface area contributed by atoms with Crippen LogP contribution in [0, 0.1) is 27.4 Å². The van der Waals surface area contributed by atoms with Crippen LogP contribution >= 0.6 is 11.6 Å². The third-order valence-electron chi connectivity index (χ3n) is 2.84. The second-order valence-corrected chi connectivity index (χ2v) is 4.80. The van der Waals surface area contributed by atoms with Crippen LogP contribution < -0.4 is 0 Å². The quantitative estimate of drug-likeness (QED) is 0.593. The standard InChI is InChI=1S/C13H16ClN3O2/c1-3-16(8-10(2)7-15)9-11-4-5-12(17(18)19)6-13(11)14/h4-6,10H,3,8-9H2,1-2H3. The molecule has 102 valence electrons. The van der Waals surface area contributed by atoms with Gasteiger partial charge in [0.1, 0.15) is 0 Å². The Labute approximate surface area is 117 Å². The maximum atomic E-state index is 10.6. The molecule has 0 saturated heterocycles. The molecule has 0 radical (unpaired) electrons. The summed E-state index contributed by atoms with van der Waals surface area (Å²) in [6.45, 7) is 5.89. The fraction of sp³-hybridized carbons (Fsp3) is 0.462. The third-order valence-corrected chi connectivity index (χ3v) is 3.19. The molecule has 0 saturated carbocycles. The number of hydrogen-bond acceptors (Lipinski definition) is 4. The van der Waals surface area contributed by atoms with Crippen molar-refractivity contribution in [2.75, 3.05) is 13.1 Å². The molecule has 0 aliphatic carbocycles. The van der Waals surface area contributed by atoms with Gasteiger partial charge in [-0.25, -0.2) is 0 Å². The van der Waals surface area contributed by atoms with Crippen molar-refractivity contribution in [2.45, 2.75) is 20.4 Å². The molecule has 0 aliphatic heterocycles. The topological polar surface area (TPSA) is 70.2 Å². The van der Waals surface area contributed by atoms with E-state index in [4.69, 9.17) is 16.9 Å². The second kappa shape index (κ2) is 7.07. The number of rotatable bonds is 6. The van der Waals surface area contributed by atoms with Crippen LogP contribution in [0.5, 0.6) is 0 Å². The Balaban J connectivity index is 2.81. The lowest BCUT2D eigenvalue weighted by Crippen LogP contribution is -2.27. The predicted molar refractivity (Wildman–Crippen MR) is 73.8 cm³/mol. The van der Waals surface area contributed by atoms with Gasteiger partial charge in [-0.15, -0.1) is 0 Å². The van der Waals surface area contributed by atoms with Gasteiger partial charge in [0.2, 0.25) is 0 Å². The van der Waals surface area contributed by atoms with Crippen LogP contribution in [-0.4, -0.2) is 22.9 Å². The van der Waals surface area contributed by atoms with E-state index in [1.165, 1.54) is 12.1 Å². The minimum atomic E-state index is -0.467. The number of benzene rings is 1. The molecule has 5 nitrogen and oxygen atoms in total. The normalized spacial score (nSPS) is 12.2. The number of nitriles is 1. The molecule has 1 rings (SSSR count). The molecule has 0 bridgehead atoms. The van der Waals surface area contributed by atoms with Crippen LogP contribution in [0.25, 0.3) is 0 Å². The van der Waals surface area contributed by atoms with Crippen molar-refractivity contribution in [1.82, 2.24) is 4.90 Å². The molecular weight excluding hydrogens is 266 g/mol. The van der Waals surface area contributed by atoms with Crippen LogP contribution in [0.1, 0.15) is 19.4 Å². The average Bonchev–Trinajstić information content (AvgIpc) is 2.39. The van der Waals surface area contributed by atoms with E-state index in [0.29, 0.717) is 18.1 Å². The molecule has 0 spiro atoms. The molecule has 0 aliphatic rings. The van der Waals surface area contributed by atoms with Gasteiger partial charge in [0.15, 0.2) is 0 Å². The summed E-state index contributed by atoms with van der Waals surface area (Å²) in [5, 5.41) is 19.8. The number of nitrogens with zero attached hydrogens (tertiary/aromatic N) is 3. The molecule has 0 N–H and O–H groups in total. The molecule has 1 unspecified atom stereocenters. The van der Waals surface area contributed by atoms with Crippen molar-refractivity contribution in [1.29, 1.82) is 5.26 Å². The molecule has 0 amide bonds. The van der Waals surface area contributed by atoms with Crippen molar-refractivity contribution in [3.63, 3.8) is 0 Å². The highest BCUT2D eigenvalue weighted by molar-refractivity contribution is 6.31. The molecule has 1 atom stereocenters. The Morgan fingerprint density at radius 2 is 2.26 bits per heavy atom. The molecule has 0 heterocycles. The van der Waals surface area contributed by atoms with E-state index in [1.54, 1.807) is 6.07 Å². The first kappa shape index (κ1) is 15.4. The largest absolute Gasteiger partial charge is 0.298 e. The maximum Gasteiger partial charge on any atom is 0.270 e. The van der Waals surface area contributed by atoms with E-state index in [1.807, 2.05) is 13.8 Å². The number of hydrogen-bond donors (Lipinski definition) is 0. The zero-order valence-electron chi connectivity index (χ0n) is 11.0. The lowest BCUT2D eigenvalue weighted by atomic mass is 10.1. The van der Waals surface area contributed by atoms with Crippen LogP contribution in [0.4, 0.5) is 5.69 Å². The average molecular weight is 282 g/mol. The Morgan fingerprint density at radius 1 is 1.58 bits per heavy atom. The van der Waals surface area contributed by atoms with Crippen LogP contribution in [-0.2, 0) is 6.54 Å². The first-order chi connectivity index (χ1) is 8.97. The van der Waals surface area contributed by atoms with E-state index >= 15 is 0 Å². The van der Waals surface area contributed by atoms with Gasteiger partial charge in [0.25, 0.3) is 5.69 Å². The SMILES string of the molecule is CCN(Cc1ccc([N+](=O)[O-])cc1Cl)CC(C)C#N. The molecule has 0 fully saturated rings. The van der Waals surface area contributed by atoms with Gasteiger partial charge in [-0.3, -0.25) is 15.0 Å². The number of nitro benzene ring substituents is 1. The zero-order valence-corrected chi connectivity index (χ0v) is 11.7. The lowest BCUT2D eigenvalue weighted by Gasteiger charge is -2.22. The summed E-state index contributed by atoms with van der Waals surface area (Å²) in [7, 11) is 0. The molecule has 0 aromatic heterocycles. The van der Waals surface area contributed by atoms with Crippen molar-refractivity contribution in [3.05, 3.63) is 38.9 Å². The molecule has 6 heteroatoms. The molecule has 1 aromatic carbocycles. The summed E-state index contributed by atoms with van der Waals surface area (Å²) in [4.78, 5) is 12.2. The number of nitro groups is 1. The Hall–Kier alpha value is -1.64. The maximum absolute atomic E-state index is 10.6. The predicted octanol–water partition coefficient (Wildman–Crippen LogP) is 3.23. The smallest absolute Gasteiger partial charge is 0.270 e. The fourth-order valence-electron chi connectivity index (χ4n) is 1.75. The highest BCUT2D eigenvalue weighted by atomic mass is 35.5. The van der Waals surface area contributed by atoms with Crippen LogP contribution in [0.15, 0.2) is 18.2 Å². The van der Waals surface area contributed by atoms with Crippen LogP contribution in [0.2, 0.25) is 5.02 Å². The second-order valence-electron chi connectivity index (χ2n) is 4.39. The number of halogens is 1. The minimum absolute atomic E-state index is 0.0119. The van der Waals surface area contributed by atoms with Gasteiger partial charge in [0, 0.05) is 25.2 Å². The van der Waals surface area contributed by atoms with Crippen molar-refractivity contribution < 1.29 is 4.92 Å². The Bertz CT molecular complexity index is 499. The lowest BCUT2D eigenvalue weighted by molar-refractivity contribution is -0.384. The van der Waals surface area contributed by atoms with Gasteiger partial charge in [-0.1, -0.05) is 18.5 Å². The summed E-state index contributed by atoms with van der Waals surface area (Å²) in [6, 6.07) is 6.66. The van der Waals surface area contributed by atoms with E-state index in [-0.39, 0.29) is 11.6 Å². The van der Waals surface area contributed by atoms with Crippen molar-refractivity contribution in [2.24, 2.45) is 5.92 Å². The third kappa shape index (κ3) is 4.51. The molecular formula is C13H16ClN3O2. The zero-order chi connectivity index (χ0) is 14.4. The highest BCUT2D eigenvalue weighted by Crippen LogP contribution is 2.23. The number of non-ortho nitro benzene ring substituents is 1. The summed E-state index contributed by atoms with van der Waals surface area (Å²) in [5.74, 6) is -0.0585. The van der Waals surface area contributed by atoms with E-state index in [2.05, 4.69) is 11.0 Å². The first-order valence-corrected chi connectivity index (χ1v) is 6.40. The summed E-state index contributed by atoms with van der Waals surface area (Å²) in [5.41, 5.74) is 0.821. The van der Waals surface area contributed by atoms with Gasteiger partial charge < -0.3 is 0 Å². The van der Waals surface area contributed by atoms with E-state index in [9.17, 15) is 10.1 Å². The molecule has 1 aromatic rings. The van der Waals surface area contributed by atoms with E-state index in [0.717, 1.165) is 12.1 Å². The van der Waals surface area contributed by atoms with Crippen molar-refractivity contribution >= 4 is 17.3 Å². The monoisotopic (exact) mass is 281 g/mol. The Morgan fingerprint density at radius 3 is 2.74 bits per heavy atom. The molecule has 19 heavy (non-hydrogen) atoms. The van der Waals surface area contributed by atoms with Crippen LogP contribution in [0.3, 0.4) is 0 Å². The van der Waals surface area contributed by atoms with Gasteiger partial charge in [-0.2, -0.15) is 5.26 Å². The highest BCUT2D eigenvalue weighted by Gasteiger charge is 2.13. The summed E-state index contributed by atoms with van der Waals surface area (Å²) < 4.78 is 0. The van der Waals surface area contributed by atoms with Gasteiger partial charge in [0.05, 0.1) is 21.9 Å².